The number of carbonyl (C=O) groups is 1. The Morgan fingerprint density at radius 1 is 1.63 bits per heavy atom. The van der Waals surface area contributed by atoms with Gasteiger partial charge in [0.1, 0.15) is 5.65 Å². The Balaban J connectivity index is 1.85. The minimum atomic E-state index is -0.320. The zero-order valence-corrected chi connectivity index (χ0v) is 11.7. The quantitative estimate of drug-likeness (QED) is 0.808. The van der Waals surface area contributed by atoms with Gasteiger partial charge in [0.25, 0.3) is 0 Å². The number of thioether (sulfide) groups is 1. The minimum Gasteiger partial charge on any atom is -0.465 e. The molecule has 5 heteroatoms. The van der Waals surface area contributed by atoms with Crippen molar-refractivity contribution in [3.05, 3.63) is 35.8 Å². The molecular formula is C14H16N2O2S. The highest BCUT2D eigenvalue weighted by atomic mass is 32.2. The second kappa shape index (κ2) is 5.25. The lowest BCUT2D eigenvalue weighted by Gasteiger charge is -2.03. The smallest absolute Gasteiger partial charge is 0.338 e. The van der Waals surface area contributed by atoms with Crippen LogP contribution in [0.1, 0.15) is 22.5 Å². The fourth-order valence-corrected chi connectivity index (χ4v) is 3.70. The number of ether oxygens (including phenoxy) is 1. The van der Waals surface area contributed by atoms with Crippen LogP contribution >= 0.6 is 11.8 Å². The van der Waals surface area contributed by atoms with Crippen molar-refractivity contribution in [3.63, 3.8) is 0 Å². The third-order valence-electron chi connectivity index (χ3n) is 3.45. The van der Waals surface area contributed by atoms with E-state index in [1.54, 1.807) is 12.1 Å². The van der Waals surface area contributed by atoms with E-state index in [1.807, 2.05) is 22.4 Å². The first-order valence-electron chi connectivity index (χ1n) is 6.40. The van der Waals surface area contributed by atoms with E-state index >= 15 is 0 Å². The summed E-state index contributed by atoms with van der Waals surface area (Å²) in [6.45, 7) is 0. The minimum absolute atomic E-state index is 0.320. The van der Waals surface area contributed by atoms with Gasteiger partial charge in [-0.25, -0.2) is 9.78 Å². The van der Waals surface area contributed by atoms with Crippen molar-refractivity contribution in [2.45, 2.75) is 12.8 Å². The van der Waals surface area contributed by atoms with E-state index in [2.05, 4.69) is 11.2 Å². The van der Waals surface area contributed by atoms with Crippen LogP contribution in [0, 0.1) is 5.92 Å². The van der Waals surface area contributed by atoms with Gasteiger partial charge in [0.05, 0.1) is 18.4 Å². The van der Waals surface area contributed by atoms with E-state index in [-0.39, 0.29) is 5.97 Å². The molecular weight excluding hydrogens is 260 g/mol. The van der Waals surface area contributed by atoms with Gasteiger partial charge in [0.15, 0.2) is 0 Å². The SMILES string of the molecule is COC(=O)c1ccn2cc(CC3CCSC3)nc2c1. The third-order valence-corrected chi connectivity index (χ3v) is 4.68. The third kappa shape index (κ3) is 2.61. The van der Waals surface area contributed by atoms with Gasteiger partial charge in [0.2, 0.25) is 0 Å². The van der Waals surface area contributed by atoms with E-state index in [0.29, 0.717) is 5.56 Å². The maximum absolute atomic E-state index is 11.5. The van der Waals surface area contributed by atoms with Crippen LogP contribution in [0.3, 0.4) is 0 Å². The van der Waals surface area contributed by atoms with Crippen LogP contribution < -0.4 is 0 Å². The molecule has 0 saturated carbocycles. The normalized spacial score (nSPS) is 18.9. The monoisotopic (exact) mass is 276 g/mol. The van der Waals surface area contributed by atoms with Gasteiger partial charge in [0, 0.05) is 12.4 Å². The molecule has 1 aliphatic heterocycles. The highest BCUT2D eigenvalue weighted by molar-refractivity contribution is 7.99. The molecule has 0 radical (unpaired) electrons. The molecule has 1 fully saturated rings. The molecule has 1 unspecified atom stereocenters. The van der Waals surface area contributed by atoms with Gasteiger partial charge in [-0.05, 0) is 42.4 Å². The average Bonchev–Trinajstić information content (AvgIpc) is 3.05. The number of carbonyl (C=O) groups excluding carboxylic acids is 1. The van der Waals surface area contributed by atoms with Gasteiger partial charge in [-0.2, -0.15) is 11.8 Å². The molecule has 0 spiro atoms. The number of nitrogens with zero attached hydrogens (tertiary/aromatic N) is 2. The zero-order chi connectivity index (χ0) is 13.2. The molecule has 1 atom stereocenters. The lowest BCUT2D eigenvalue weighted by atomic mass is 10.0. The lowest BCUT2D eigenvalue weighted by Crippen LogP contribution is -2.02. The Bertz CT molecular complexity index is 603. The van der Waals surface area contributed by atoms with Crippen molar-refractivity contribution in [2.24, 2.45) is 5.92 Å². The Hall–Kier alpha value is -1.49. The topological polar surface area (TPSA) is 43.6 Å². The van der Waals surface area contributed by atoms with Crippen LogP contribution in [-0.4, -0.2) is 34.0 Å². The Labute approximate surface area is 116 Å². The van der Waals surface area contributed by atoms with E-state index < -0.39 is 0 Å². The van der Waals surface area contributed by atoms with Gasteiger partial charge in [-0.15, -0.1) is 0 Å². The maximum atomic E-state index is 11.5. The molecule has 1 aliphatic rings. The van der Waals surface area contributed by atoms with E-state index in [0.717, 1.165) is 23.7 Å². The van der Waals surface area contributed by atoms with Crippen molar-refractivity contribution in [1.29, 1.82) is 0 Å². The largest absolute Gasteiger partial charge is 0.465 e. The molecule has 0 aliphatic carbocycles. The summed E-state index contributed by atoms with van der Waals surface area (Å²) in [5.74, 6) is 2.93. The molecule has 2 aromatic heterocycles. The summed E-state index contributed by atoms with van der Waals surface area (Å²) >= 11 is 2.02. The van der Waals surface area contributed by atoms with Crippen LogP contribution in [0.5, 0.6) is 0 Å². The van der Waals surface area contributed by atoms with Crippen LogP contribution in [0.15, 0.2) is 24.5 Å². The van der Waals surface area contributed by atoms with Gasteiger partial charge >= 0.3 is 5.97 Å². The highest BCUT2D eigenvalue weighted by Crippen LogP contribution is 2.26. The highest BCUT2D eigenvalue weighted by Gasteiger charge is 2.17. The fourth-order valence-electron chi connectivity index (χ4n) is 2.42. The standard InChI is InChI=1S/C14H16N2O2S/c1-18-14(17)11-2-4-16-8-12(15-13(16)7-11)6-10-3-5-19-9-10/h2,4,7-8,10H,3,5-6,9H2,1H3. The van der Waals surface area contributed by atoms with E-state index in [1.165, 1.54) is 25.0 Å². The Morgan fingerprint density at radius 2 is 2.53 bits per heavy atom. The second-order valence-corrected chi connectivity index (χ2v) is 5.99. The molecule has 0 aromatic carbocycles. The summed E-state index contributed by atoms with van der Waals surface area (Å²) in [6, 6.07) is 3.54. The van der Waals surface area contributed by atoms with Gasteiger partial charge in [-0.1, -0.05) is 0 Å². The Morgan fingerprint density at radius 3 is 3.26 bits per heavy atom. The molecule has 0 bridgehead atoms. The van der Waals surface area contributed by atoms with Crippen molar-refractivity contribution in [1.82, 2.24) is 9.38 Å². The van der Waals surface area contributed by atoms with Crippen molar-refractivity contribution >= 4 is 23.4 Å². The number of hydrogen-bond donors (Lipinski definition) is 0. The summed E-state index contributed by atoms with van der Waals surface area (Å²) < 4.78 is 6.68. The molecule has 3 rings (SSSR count). The molecule has 100 valence electrons. The first kappa shape index (κ1) is 12.5. The number of methoxy groups -OCH3 is 1. The van der Waals surface area contributed by atoms with Crippen LogP contribution in [0.4, 0.5) is 0 Å². The number of fused-ring (bicyclic) bond motifs is 1. The molecule has 4 nitrogen and oxygen atoms in total. The summed E-state index contributed by atoms with van der Waals surface area (Å²) in [5, 5.41) is 0. The first-order chi connectivity index (χ1) is 9.26. The second-order valence-electron chi connectivity index (χ2n) is 4.84. The van der Waals surface area contributed by atoms with E-state index in [4.69, 9.17) is 4.74 Å². The summed E-state index contributed by atoms with van der Waals surface area (Å²) in [7, 11) is 1.39. The average molecular weight is 276 g/mol. The predicted molar refractivity (Wildman–Crippen MR) is 75.7 cm³/mol. The predicted octanol–water partition coefficient (Wildman–Crippen LogP) is 2.42. The summed E-state index contributed by atoms with van der Waals surface area (Å²) in [6.07, 6.45) is 6.23. The van der Waals surface area contributed by atoms with Crippen molar-refractivity contribution in [2.75, 3.05) is 18.6 Å². The number of hydrogen-bond acceptors (Lipinski definition) is 4. The Kier molecular flexibility index (Phi) is 3.46. The molecule has 2 aromatic rings. The van der Waals surface area contributed by atoms with Gasteiger partial charge in [-0.3, -0.25) is 0 Å². The number of pyridine rings is 1. The molecule has 0 amide bonds. The van der Waals surface area contributed by atoms with Crippen LogP contribution in [0.25, 0.3) is 5.65 Å². The summed E-state index contributed by atoms with van der Waals surface area (Å²) in [4.78, 5) is 16.1. The molecule has 19 heavy (non-hydrogen) atoms. The van der Waals surface area contributed by atoms with Crippen LogP contribution in [0.2, 0.25) is 0 Å². The molecule has 0 N–H and O–H groups in total. The number of aromatic nitrogens is 2. The first-order valence-corrected chi connectivity index (χ1v) is 7.55. The number of esters is 1. The maximum Gasteiger partial charge on any atom is 0.338 e. The zero-order valence-electron chi connectivity index (χ0n) is 10.8. The van der Waals surface area contributed by atoms with E-state index in [9.17, 15) is 4.79 Å². The van der Waals surface area contributed by atoms with Gasteiger partial charge < -0.3 is 9.14 Å². The fraction of sp³-hybridized carbons (Fsp3) is 0.429. The van der Waals surface area contributed by atoms with Crippen molar-refractivity contribution in [3.8, 4) is 0 Å². The number of imidazole rings is 1. The molecule has 3 heterocycles. The lowest BCUT2D eigenvalue weighted by molar-refractivity contribution is 0.0600. The molecule has 1 saturated heterocycles. The van der Waals surface area contributed by atoms with Crippen molar-refractivity contribution < 1.29 is 9.53 Å². The number of rotatable bonds is 3. The summed E-state index contributed by atoms with van der Waals surface area (Å²) in [5.41, 5.74) is 2.46. The van der Waals surface area contributed by atoms with Crippen LogP contribution in [-0.2, 0) is 11.2 Å².